The molecule has 1 aromatic carbocycles. The number of hydrogen-bond acceptors (Lipinski definition) is 3. The summed E-state index contributed by atoms with van der Waals surface area (Å²) in [5.74, 6) is -2.26. The number of aliphatic carboxylic acids is 1. The van der Waals surface area contributed by atoms with E-state index in [1.54, 1.807) is 0 Å². The van der Waals surface area contributed by atoms with Gasteiger partial charge in [0.1, 0.15) is 11.9 Å². The van der Waals surface area contributed by atoms with E-state index in [0.717, 1.165) is 0 Å². The van der Waals surface area contributed by atoms with Gasteiger partial charge < -0.3 is 15.5 Å². The predicted octanol–water partition coefficient (Wildman–Crippen LogP) is -0.0701. The van der Waals surface area contributed by atoms with Crippen LogP contribution in [-0.2, 0) is 16.0 Å². The zero-order valence-electron chi connectivity index (χ0n) is 8.89. The second kappa shape index (κ2) is 5.95. The van der Waals surface area contributed by atoms with E-state index in [-0.39, 0.29) is 6.42 Å². The molecule has 92 valence electrons. The molecule has 6 heteroatoms. The average molecular weight is 241 g/mol. The van der Waals surface area contributed by atoms with Crippen LogP contribution < -0.4 is 5.32 Å². The van der Waals surface area contributed by atoms with E-state index >= 15 is 0 Å². The molecule has 0 saturated heterocycles. The van der Waals surface area contributed by atoms with Crippen molar-refractivity contribution in [3.05, 3.63) is 35.6 Å². The molecule has 0 aromatic heterocycles. The van der Waals surface area contributed by atoms with Gasteiger partial charge >= 0.3 is 5.97 Å². The highest BCUT2D eigenvalue weighted by Gasteiger charge is 2.18. The number of carboxylic acids is 1. The van der Waals surface area contributed by atoms with Crippen LogP contribution in [-0.4, -0.2) is 34.7 Å². The first kappa shape index (κ1) is 13.1. The zero-order valence-corrected chi connectivity index (χ0v) is 8.89. The molecular weight excluding hydrogens is 229 g/mol. The number of halogens is 1. The Morgan fingerprint density at radius 2 is 1.88 bits per heavy atom. The average Bonchev–Trinajstić information content (AvgIpc) is 2.28. The number of carbonyl (C=O) groups is 2. The number of aliphatic hydroxyl groups is 1. The lowest BCUT2D eigenvalue weighted by molar-refractivity contribution is -0.142. The Hall–Kier alpha value is -1.95. The molecule has 0 spiro atoms. The summed E-state index contributed by atoms with van der Waals surface area (Å²) >= 11 is 0. The number of carboxylic acid groups (broad SMARTS) is 1. The van der Waals surface area contributed by atoms with Gasteiger partial charge in [0.2, 0.25) is 5.91 Å². The molecule has 0 unspecified atom stereocenters. The number of hydrogen-bond donors (Lipinski definition) is 3. The van der Waals surface area contributed by atoms with Crippen molar-refractivity contribution in [3.63, 3.8) is 0 Å². The normalized spacial score (nSPS) is 11.9. The molecule has 0 fully saturated rings. The number of aliphatic hydroxyl groups excluding tert-OH is 1. The minimum Gasteiger partial charge on any atom is -0.480 e. The predicted molar refractivity (Wildman–Crippen MR) is 56.8 cm³/mol. The van der Waals surface area contributed by atoms with Crippen LogP contribution >= 0.6 is 0 Å². The summed E-state index contributed by atoms with van der Waals surface area (Å²) in [4.78, 5) is 21.9. The Kier molecular flexibility index (Phi) is 4.59. The first-order chi connectivity index (χ1) is 8.02. The Morgan fingerprint density at radius 3 is 2.35 bits per heavy atom. The highest BCUT2D eigenvalue weighted by atomic mass is 19.1. The van der Waals surface area contributed by atoms with E-state index in [1.807, 2.05) is 0 Å². The Labute approximate surface area is 96.9 Å². The minimum absolute atomic E-state index is 0.0654. The Bertz CT molecular complexity index is 404. The van der Waals surface area contributed by atoms with Crippen LogP contribution in [0.3, 0.4) is 0 Å². The highest BCUT2D eigenvalue weighted by Crippen LogP contribution is 2.03. The molecule has 5 nitrogen and oxygen atoms in total. The number of nitrogens with one attached hydrogen (secondary N) is 1. The van der Waals surface area contributed by atoms with E-state index in [0.29, 0.717) is 5.56 Å². The maximum absolute atomic E-state index is 12.6. The summed E-state index contributed by atoms with van der Waals surface area (Å²) in [5, 5.41) is 19.4. The van der Waals surface area contributed by atoms with Crippen molar-refractivity contribution in [2.45, 2.75) is 12.5 Å². The molecule has 1 amide bonds. The Morgan fingerprint density at radius 1 is 1.29 bits per heavy atom. The molecular formula is C11H12FNO4. The third-order valence-electron chi connectivity index (χ3n) is 2.09. The molecule has 17 heavy (non-hydrogen) atoms. The fourth-order valence-corrected chi connectivity index (χ4v) is 1.22. The lowest BCUT2D eigenvalue weighted by Gasteiger charge is -2.11. The zero-order chi connectivity index (χ0) is 12.8. The van der Waals surface area contributed by atoms with Crippen LogP contribution in [0.5, 0.6) is 0 Å². The second-order valence-corrected chi connectivity index (χ2v) is 3.44. The number of rotatable bonds is 5. The molecule has 0 aliphatic rings. The maximum atomic E-state index is 12.6. The van der Waals surface area contributed by atoms with Crippen molar-refractivity contribution in [1.29, 1.82) is 0 Å². The topological polar surface area (TPSA) is 86.6 Å². The summed E-state index contributed by atoms with van der Waals surface area (Å²) in [6, 6.07) is 3.97. The Balaban J connectivity index is 2.54. The van der Waals surface area contributed by atoms with Crippen LogP contribution in [0.25, 0.3) is 0 Å². The molecule has 0 radical (unpaired) electrons. The quantitative estimate of drug-likeness (QED) is 0.673. The van der Waals surface area contributed by atoms with Gasteiger partial charge in [-0.05, 0) is 17.7 Å². The van der Waals surface area contributed by atoms with Gasteiger partial charge in [-0.3, -0.25) is 4.79 Å². The molecule has 1 atom stereocenters. The highest BCUT2D eigenvalue weighted by molar-refractivity contribution is 5.84. The fraction of sp³-hybridized carbons (Fsp3) is 0.273. The summed E-state index contributed by atoms with van der Waals surface area (Å²) in [5.41, 5.74) is 0.561. The maximum Gasteiger partial charge on any atom is 0.328 e. The number of benzene rings is 1. The van der Waals surface area contributed by atoms with Crippen molar-refractivity contribution in [3.8, 4) is 0 Å². The molecule has 0 heterocycles. The molecule has 0 saturated carbocycles. The molecule has 1 aromatic rings. The third-order valence-corrected chi connectivity index (χ3v) is 2.09. The van der Waals surface area contributed by atoms with Gasteiger partial charge in [0.25, 0.3) is 0 Å². The van der Waals surface area contributed by atoms with Crippen molar-refractivity contribution in [2.75, 3.05) is 6.61 Å². The van der Waals surface area contributed by atoms with Crippen LogP contribution in [0, 0.1) is 5.82 Å². The standard InChI is InChI=1S/C11H12FNO4/c12-8-3-1-7(2-4-8)5-10(15)13-9(6-14)11(16)17/h1-4,9,14H,5-6H2,(H,13,15)(H,16,17)/t9-/m0/s1. The summed E-state index contributed by atoms with van der Waals surface area (Å²) in [7, 11) is 0. The van der Waals surface area contributed by atoms with E-state index < -0.39 is 30.3 Å². The van der Waals surface area contributed by atoms with E-state index in [1.165, 1.54) is 24.3 Å². The van der Waals surface area contributed by atoms with Crippen molar-refractivity contribution >= 4 is 11.9 Å². The monoisotopic (exact) mass is 241 g/mol. The smallest absolute Gasteiger partial charge is 0.328 e. The molecule has 0 aliphatic carbocycles. The molecule has 0 bridgehead atoms. The molecule has 3 N–H and O–H groups in total. The lowest BCUT2D eigenvalue weighted by atomic mass is 10.1. The van der Waals surface area contributed by atoms with Gasteiger partial charge in [0.15, 0.2) is 0 Å². The second-order valence-electron chi connectivity index (χ2n) is 3.44. The summed E-state index contributed by atoms with van der Waals surface area (Å²) < 4.78 is 12.6. The molecule has 1 rings (SSSR count). The number of carbonyl (C=O) groups excluding carboxylic acids is 1. The first-order valence-electron chi connectivity index (χ1n) is 4.90. The lowest BCUT2D eigenvalue weighted by Crippen LogP contribution is -2.43. The largest absolute Gasteiger partial charge is 0.480 e. The van der Waals surface area contributed by atoms with Crippen LogP contribution in [0.1, 0.15) is 5.56 Å². The van der Waals surface area contributed by atoms with Crippen LogP contribution in [0.2, 0.25) is 0 Å². The van der Waals surface area contributed by atoms with E-state index in [9.17, 15) is 14.0 Å². The van der Waals surface area contributed by atoms with Gasteiger partial charge in [0.05, 0.1) is 13.0 Å². The van der Waals surface area contributed by atoms with Gasteiger partial charge in [0, 0.05) is 0 Å². The van der Waals surface area contributed by atoms with Gasteiger partial charge in [-0.2, -0.15) is 0 Å². The first-order valence-corrected chi connectivity index (χ1v) is 4.90. The van der Waals surface area contributed by atoms with Crippen molar-refractivity contribution in [1.82, 2.24) is 5.32 Å². The fourth-order valence-electron chi connectivity index (χ4n) is 1.22. The minimum atomic E-state index is -1.32. The summed E-state index contributed by atoms with van der Waals surface area (Å²) in [6.45, 7) is -0.676. The van der Waals surface area contributed by atoms with Crippen LogP contribution in [0.4, 0.5) is 4.39 Å². The van der Waals surface area contributed by atoms with Gasteiger partial charge in [-0.1, -0.05) is 12.1 Å². The number of amides is 1. The van der Waals surface area contributed by atoms with E-state index in [4.69, 9.17) is 10.2 Å². The van der Waals surface area contributed by atoms with Gasteiger partial charge in [-0.25, -0.2) is 9.18 Å². The van der Waals surface area contributed by atoms with Crippen LogP contribution in [0.15, 0.2) is 24.3 Å². The third kappa shape index (κ3) is 4.20. The SMILES string of the molecule is O=C(Cc1ccc(F)cc1)N[C@@H](CO)C(=O)O. The molecule has 0 aliphatic heterocycles. The van der Waals surface area contributed by atoms with E-state index in [2.05, 4.69) is 5.32 Å². The van der Waals surface area contributed by atoms with Crippen molar-refractivity contribution in [2.24, 2.45) is 0 Å². The van der Waals surface area contributed by atoms with Gasteiger partial charge in [-0.15, -0.1) is 0 Å². The summed E-state index contributed by atoms with van der Waals surface area (Å²) in [6.07, 6.45) is -0.0654. The van der Waals surface area contributed by atoms with Crippen molar-refractivity contribution < 1.29 is 24.2 Å².